The Morgan fingerprint density at radius 2 is 1.63 bits per heavy atom. The van der Waals surface area contributed by atoms with Gasteiger partial charge in [-0.3, -0.25) is 9.59 Å². The van der Waals surface area contributed by atoms with Crippen molar-refractivity contribution < 1.29 is 29.0 Å². The first-order chi connectivity index (χ1) is 16.6. The molecule has 35 heavy (non-hydrogen) atoms. The Balaban J connectivity index is 1.45. The van der Waals surface area contributed by atoms with Gasteiger partial charge in [0, 0.05) is 13.0 Å². The molecule has 2 amide bonds. The molecule has 1 fully saturated rings. The lowest BCUT2D eigenvalue weighted by Crippen LogP contribution is -2.57. The number of amides is 2. The quantitative estimate of drug-likeness (QED) is 0.656. The molecule has 8 nitrogen and oxygen atoms in total. The first-order valence-electron chi connectivity index (χ1n) is 11.8. The molecule has 186 valence electrons. The number of nitrogens with zero attached hydrogens (tertiary/aromatic N) is 1. The maximum atomic E-state index is 13.4. The lowest BCUT2D eigenvalue weighted by atomic mass is 9.85. The van der Waals surface area contributed by atoms with E-state index in [2.05, 4.69) is 17.4 Å². The van der Waals surface area contributed by atoms with E-state index in [0.29, 0.717) is 0 Å². The number of carboxylic acids is 1. The zero-order chi connectivity index (χ0) is 25.3. The second-order valence-corrected chi connectivity index (χ2v) is 10.3. The predicted molar refractivity (Wildman–Crippen MR) is 130 cm³/mol. The number of fused-ring (bicyclic) bond motifs is 3. The van der Waals surface area contributed by atoms with E-state index in [0.717, 1.165) is 22.3 Å². The fourth-order valence-corrected chi connectivity index (χ4v) is 4.93. The van der Waals surface area contributed by atoms with Crippen molar-refractivity contribution in [1.82, 2.24) is 10.2 Å². The number of hydrogen-bond acceptors (Lipinski definition) is 5. The van der Waals surface area contributed by atoms with Gasteiger partial charge in [-0.25, -0.2) is 4.79 Å². The average Bonchev–Trinajstić information content (AvgIpc) is 3.43. The second-order valence-electron chi connectivity index (χ2n) is 10.3. The number of alkyl carbamates (subject to hydrolysis) is 1. The molecule has 4 rings (SSSR count). The third-order valence-corrected chi connectivity index (χ3v) is 6.93. The van der Waals surface area contributed by atoms with Gasteiger partial charge < -0.3 is 24.8 Å². The number of rotatable bonds is 6. The average molecular weight is 481 g/mol. The number of carboxylic acid groups (broad SMARTS) is 1. The third-order valence-electron chi connectivity index (χ3n) is 6.93. The molecule has 0 aromatic heterocycles. The minimum absolute atomic E-state index is 0.0532. The molecule has 2 aromatic carbocycles. The van der Waals surface area contributed by atoms with E-state index in [4.69, 9.17) is 9.47 Å². The van der Waals surface area contributed by atoms with E-state index >= 15 is 0 Å². The Labute approximate surface area is 205 Å². The molecule has 0 spiro atoms. The summed E-state index contributed by atoms with van der Waals surface area (Å²) in [5.41, 5.74) is 3.84. The van der Waals surface area contributed by atoms with Gasteiger partial charge in [0.05, 0.1) is 19.3 Å². The summed E-state index contributed by atoms with van der Waals surface area (Å²) in [5, 5.41) is 12.2. The van der Waals surface area contributed by atoms with Crippen molar-refractivity contribution in [2.45, 2.75) is 38.8 Å². The maximum absolute atomic E-state index is 13.4. The molecule has 1 aliphatic carbocycles. The van der Waals surface area contributed by atoms with Crippen LogP contribution < -0.4 is 5.32 Å². The van der Waals surface area contributed by atoms with E-state index in [-0.39, 0.29) is 31.6 Å². The molecule has 2 aromatic rings. The molecule has 0 bridgehead atoms. The van der Waals surface area contributed by atoms with Crippen molar-refractivity contribution in [2.75, 3.05) is 26.9 Å². The summed E-state index contributed by atoms with van der Waals surface area (Å²) in [4.78, 5) is 39.2. The fraction of sp³-hybridized carbons (Fsp3) is 0.444. The zero-order valence-corrected chi connectivity index (χ0v) is 20.5. The van der Waals surface area contributed by atoms with Gasteiger partial charge in [0.2, 0.25) is 5.91 Å². The molecule has 2 aliphatic rings. The lowest BCUT2D eigenvalue weighted by Gasteiger charge is -2.36. The topological polar surface area (TPSA) is 105 Å². The van der Waals surface area contributed by atoms with Crippen molar-refractivity contribution in [3.63, 3.8) is 0 Å². The smallest absolute Gasteiger partial charge is 0.407 e. The number of carbonyl (C=O) groups excluding carboxylic acids is 2. The van der Waals surface area contributed by atoms with Crippen LogP contribution >= 0.6 is 0 Å². The molecule has 2 unspecified atom stereocenters. The molecule has 3 atom stereocenters. The van der Waals surface area contributed by atoms with Gasteiger partial charge >= 0.3 is 12.1 Å². The Morgan fingerprint density at radius 3 is 2.17 bits per heavy atom. The summed E-state index contributed by atoms with van der Waals surface area (Å²) in [5.74, 6) is -2.29. The molecular weight excluding hydrogens is 448 g/mol. The van der Waals surface area contributed by atoms with Gasteiger partial charge in [0.15, 0.2) is 0 Å². The summed E-state index contributed by atoms with van der Waals surface area (Å²) < 4.78 is 11.0. The standard InChI is InChI=1S/C27H32N2O6/c1-27(2,3)23(24(30)29(4)22-15-34-13-21(22)25(31)32)28-26(33)35-14-20-18-11-7-5-9-16(18)17-10-6-8-12-19(17)20/h5-12,20-23H,13-15H2,1-4H3,(H,28,33)(H,31,32)/t21?,22?,23-/m1/s1. The van der Waals surface area contributed by atoms with E-state index in [1.54, 1.807) is 7.05 Å². The first kappa shape index (κ1) is 24.7. The number of benzene rings is 2. The number of carbonyl (C=O) groups is 3. The second kappa shape index (κ2) is 9.70. The number of aliphatic carboxylic acids is 1. The first-order valence-corrected chi connectivity index (χ1v) is 11.8. The predicted octanol–water partition coefficient (Wildman–Crippen LogP) is 3.50. The van der Waals surface area contributed by atoms with Gasteiger partial charge in [-0.2, -0.15) is 0 Å². The summed E-state index contributed by atoms with van der Waals surface area (Å²) in [7, 11) is 1.55. The minimum atomic E-state index is -1.01. The number of hydrogen-bond donors (Lipinski definition) is 2. The van der Waals surface area contributed by atoms with Crippen molar-refractivity contribution in [3.05, 3.63) is 59.7 Å². The van der Waals surface area contributed by atoms with Crippen molar-refractivity contribution in [3.8, 4) is 11.1 Å². The maximum Gasteiger partial charge on any atom is 0.407 e. The minimum Gasteiger partial charge on any atom is -0.481 e. The van der Waals surface area contributed by atoms with Crippen molar-refractivity contribution in [1.29, 1.82) is 0 Å². The molecule has 1 aliphatic heterocycles. The van der Waals surface area contributed by atoms with Gasteiger partial charge in [-0.15, -0.1) is 0 Å². The van der Waals surface area contributed by atoms with Crippen LogP contribution in [0.15, 0.2) is 48.5 Å². The Hall–Kier alpha value is -3.39. The molecule has 0 saturated carbocycles. The summed E-state index contributed by atoms with van der Waals surface area (Å²) >= 11 is 0. The van der Waals surface area contributed by atoms with E-state index in [1.807, 2.05) is 57.2 Å². The van der Waals surface area contributed by atoms with Crippen molar-refractivity contribution >= 4 is 18.0 Å². The normalized spacial score (nSPS) is 20.0. The van der Waals surface area contributed by atoms with Gasteiger partial charge in [0.1, 0.15) is 18.6 Å². The highest BCUT2D eigenvalue weighted by atomic mass is 16.5. The largest absolute Gasteiger partial charge is 0.481 e. The van der Waals surface area contributed by atoms with Crippen LogP contribution in [0, 0.1) is 11.3 Å². The van der Waals surface area contributed by atoms with Crippen LogP contribution in [-0.4, -0.2) is 66.9 Å². The molecule has 8 heteroatoms. The van der Waals surface area contributed by atoms with Gasteiger partial charge in [-0.05, 0) is 27.7 Å². The highest BCUT2D eigenvalue weighted by molar-refractivity contribution is 5.87. The summed E-state index contributed by atoms with van der Waals surface area (Å²) in [6.07, 6.45) is -0.689. The Bertz CT molecular complexity index is 1080. The molecular formula is C27H32N2O6. The van der Waals surface area contributed by atoms with Gasteiger partial charge in [0.25, 0.3) is 0 Å². The van der Waals surface area contributed by atoms with Crippen LogP contribution in [0.3, 0.4) is 0 Å². The number of likely N-dealkylation sites (N-methyl/N-ethyl adjacent to an activating group) is 1. The molecule has 2 N–H and O–H groups in total. The molecule has 1 saturated heterocycles. The molecule has 0 radical (unpaired) electrons. The van der Waals surface area contributed by atoms with Crippen LogP contribution in [0.4, 0.5) is 4.79 Å². The van der Waals surface area contributed by atoms with Crippen LogP contribution in [0.1, 0.15) is 37.8 Å². The van der Waals surface area contributed by atoms with E-state index < -0.39 is 35.5 Å². The van der Waals surface area contributed by atoms with Crippen LogP contribution in [0.25, 0.3) is 11.1 Å². The van der Waals surface area contributed by atoms with Gasteiger partial charge in [-0.1, -0.05) is 69.3 Å². The summed E-state index contributed by atoms with van der Waals surface area (Å²) in [6.45, 7) is 5.85. The van der Waals surface area contributed by atoms with Crippen LogP contribution in [-0.2, 0) is 19.1 Å². The van der Waals surface area contributed by atoms with Crippen molar-refractivity contribution in [2.24, 2.45) is 11.3 Å². The third kappa shape index (κ3) is 4.89. The summed E-state index contributed by atoms with van der Waals surface area (Å²) in [6, 6.07) is 14.6. The SMILES string of the molecule is CN(C(=O)[C@@H](NC(=O)OCC1c2ccccc2-c2ccccc21)C(C)(C)C)C1COCC1C(=O)O. The van der Waals surface area contributed by atoms with E-state index in [1.165, 1.54) is 4.90 Å². The highest BCUT2D eigenvalue weighted by Crippen LogP contribution is 2.44. The Kier molecular flexibility index (Phi) is 6.85. The van der Waals surface area contributed by atoms with Crippen LogP contribution in [0.2, 0.25) is 0 Å². The number of ether oxygens (including phenoxy) is 2. The fourth-order valence-electron chi connectivity index (χ4n) is 4.93. The zero-order valence-electron chi connectivity index (χ0n) is 20.5. The van der Waals surface area contributed by atoms with E-state index in [9.17, 15) is 19.5 Å². The lowest BCUT2D eigenvalue weighted by molar-refractivity contribution is -0.145. The Morgan fingerprint density at radius 1 is 1.06 bits per heavy atom. The van der Waals surface area contributed by atoms with Crippen LogP contribution in [0.5, 0.6) is 0 Å². The molecule has 1 heterocycles. The monoisotopic (exact) mass is 480 g/mol. The highest BCUT2D eigenvalue weighted by Gasteiger charge is 2.43. The number of nitrogens with one attached hydrogen (secondary N) is 1.